The van der Waals surface area contributed by atoms with E-state index in [1.807, 2.05) is 6.08 Å². The first kappa shape index (κ1) is 20.3. The Morgan fingerprint density at radius 3 is 2.64 bits per heavy atom. The number of carbonyl (C=O) groups excluding carboxylic acids is 3. The zero-order valence-corrected chi connectivity index (χ0v) is 18.6. The van der Waals surface area contributed by atoms with Crippen molar-refractivity contribution in [1.29, 1.82) is 0 Å². The highest BCUT2D eigenvalue weighted by Gasteiger charge is 2.59. The second-order valence-electron chi connectivity index (χ2n) is 10.0. The molecular formula is C23H32BrNO3. The van der Waals surface area contributed by atoms with E-state index >= 15 is 0 Å². The maximum Gasteiger partial charge on any atom is 0.231 e. The quantitative estimate of drug-likeness (QED) is 0.653. The molecule has 5 heteroatoms. The van der Waals surface area contributed by atoms with Crippen molar-refractivity contribution < 1.29 is 14.4 Å². The molecule has 0 unspecified atom stereocenters. The number of allylic oxidation sites excluding steroid dienone is 1. The monoisotopic (exact) mass is 449 g/mol. The summed E-state index contributed by atoms with van der Waals surface area (Å²) in [5.74, 6) is 2.40. The highest BCUT2D eigenvalue weighted by Crippen LogP contribution is 2.66. The van der Waals surface area contributed by atoms with Crippen molar-refractivity contribution in [3.8, 4) is 0 Å². The van der Waals surface area contributed by atoms with Gasteiger partial charge in [-0.25, -0.2) is 0 Å². The molecule has 0 spiro atoms. The molecule has 0 aromatic heterocycles. The molecule has 3 saturated carbocycles. The summed E-state index contributed by atoms with van der Waals surface area (Å²) in [5.41, 5.74) is 1.65. The third kappa shape index (κ3) is 3.12. The van der Waals surface area contributed by atoms with Gasteiger partial charge in [0, 0.05) is 12.3 Å². The number of carbonyl (C=O) groups is 3. The van der Waals surface area contributed by atoms with E-state index in [0.29, 0.717) is 30.0 Å². The summed E-state index contributed by atoms with van der Waals surface area (Å²) in [7, 11) is 0. The number of hydrogen-bond donors (Lipinski definition) is 1. The highest BCUT2D eigenvalue weighted by atomic mass is 79.9. The van der Waals surface area contributed by atoms with Crippen LogP contribution in [0.1, 0.15) is 65.2 Å². The van der Waals surface area contributed by atoms with Crippen molar-refractivity contribution >= 4 is 33.4 Å². The van der Waals surface area contributed by atoms with E-state index < -0.39 is 0 Å². The fourth-order valence-corrected chi connectivity index (χ4v) is 7.64. The lowest BCUT2D eigenvalue weighted by Gasteiger charge is -2.58. The number of hydrogen-bond acceptors (Lipinski definition) is 3. The molecule has 4 nitrogen and oxygen atoms in total. The fraction of sp³-hybridized carbons (Fsp3) is 0.783. The molecule has 28 heavy (non-hydrogen) atoms. The molecule has 6 atom stereocenters. The first-order valence-corrected chi connectivity index (χ1v) is 12.0. The minimum absolute atomic E-state index is 0.0689. The predicted octanol–water partition coefficient (Wildman–Crippen LogP) is 4.21. The molecule has 0 bridgehead atoms. The van der Waals surface area contributed by atoms with Crippen LogP contribution in [0, 0.1) is 34.5 Å². The molecule has 154 valence electrons. The average Bonchev–Trinajstić information content (AvgIpc) is 3.03. The van der Waals surface area contributed by atoms with Crippen LogP contribution < -0.4 is 5.32 Å². The molecule has 0 aliphatic heterocycles. The maximum atomic E-state index is 12.9. The topological polar surface area (TPSA) is 63.2 Å². The Balaban J connectivity index is 1.52. The summed E-state index contributed by atoms with van der Waals surface area (Å²) in [4.78, 5) is 36.4. The number of Topliss-reactive ketones (excluding diaryl/α,β-unsaturated/α-hetero) is 1. The molecule has 0 aromatic carbocycles. The molecule has 0 aromatic rings. The van der Waals surface area contributed by atoms with Gasteiger partial charge in [-0.3, -0.25) is 14.4 Å². The van der Waals surface area contributed by atoms with E-state index in [2.05, 4.69) is 35.1 Å². The molecule has 1 amide bonds. The van der Waals surface area contributed by atoms with E-state index in [1.165, 1.54) is 12.0 Å². The third-order valence-electron chi connectivity index (χ3n) is 8.93. The van der Waals surface area contributed by atoms with E-state index in [9.17, 15) is 14.4 Å². The number of fused-ring (bicyclic) bond motifs is 5. The van der Waals surface area contributed by atoms with Gasteiger partial charge >= 0.3 is 0 Å². The lowest BCUT2D eigenvalue weighted by atomic mass is 9.46. The number of alkyl halides is 1. The van der Waals surface area contributed by atoms with Gasteiger partial charge in [0.15, 0.2) is 11.6 Å². The number of ketones is 2. The van der Waals surface area contributed by atoms with Crippen LogP contribution in [0.5, 0.6) is 0 Å². The van der Waals surface area contributed by atoms with Crippen LogP contribution in [0.3, 0.4) is 0 Å². The Morgan fingerprint density at radius 1 is 1.11 bits per heavy atom. The molecule has 4 aliphatic carbocycles. The largest absolute Gasteiger partial charge is 0.348 e. The average molecular weight is 450 g/mol. The van der Waals surface area contributed by atoms with Gasteiger partial charge in [-0.1, -0.05) is 35.4 Å². The van der Waals surface area contributed by atoms with Crippen LogP contribution in [0.2, 0.25) is 0 Å². The van der Waals surface area contributed by atoms with E-state index in [0.717, 1.165) is 38.5 Å². The van der Waals surface area contributed by atoms with E-state index in [1.54, 1.807) is 0 Å². The summed E-state index contributed by atoms with van der Waals surface area (Å²) >= 11 is 3.14. The lowest BCUT2D eigenvalue weighted by Crippen LogP contribution is -2.51. The Hall–Kier alpha value is -0.970. The van der Waals surface area contributed by atoms with Crippen molar-refractivity contribution in [2.45, 2.75) is 65.2 Å². The number of nitrogens with one attached hydrogen (secondary N) is 1. The summed E-state index contributed by atoms with van der Waals surface area (Å²) in [6.45, 7) is 4.91. The van der Waals surface area contributed by atoms with Crippen molar-refractivity contribution in [1.82, 2.24) is 5.32 Å². The van der Waals surface area contributed by atoms with Gasteiger partial charge in [-0.05, 0) is 79.6 Å². The second kappa shape index (κ2) is 7.37. The molecule has 0 radical (unpaired) electrons. The molecule has 1 N–H and O–H groups in total. The smallest absolute Gasteiger partial charge is 0.231 e. The van der Waals surface area contributed by atoms with E-state index in [4.69, 9.17) is 0 Å². The van der Waals surface area contributed by atoms with Crippen molar-refractivity contribution in [3.63, 3.8) is 0 Å². The molecule has 4 aliphatic rings. The Bertz CT molecular complexity index is 731. The SMILES string of the molecule is C[C@]12CC[C@H]3[C@@H](CCC4=CC(=O)CC[C@@]43C)[C@@H]1CC[C@@H]2C(=O)CNC(=O)CBr. The number of halogens is 1. The van der Waals surface area contributed by atoms with Crippen molar-refractivity contribution in [3.05, 3.63) is 11.6 Å². The van der Waals surface area contributed by atoms with Crippen LogP contribution in [0.4, 0.5) is 0 Å². The standard InChI is InChI=1S/C23H32BrNO3/c1-22-9-7-15(26)11-14(22)3-4-16-17-5-6-19(20(27)13-25-21(28)12-24)23(17,2)10-8-18(16)22/h11,16-19H,3-10,12-13H2,1-2H3,(H,25,28)/t16-,17-,18-,19+,22-,23-/m0/s1. The molecule has 4 rings (SSSR count). The van der Waals surface area contributed by atoms with Crippen LogP contribution in [0.25, 0.3) is 0 Å². The summed E-state index contributed by atoms with van der Waals surface area (Å²) < 4.78 is 0. The van der Waals surface area contributed by atoms with E-state index in [-0.39, 0.29) is 40.3 Å². The molecule has 0 saturated heterocycles. The normalized spacial score (nSPS) is 42.1. The predicted molar refractivity (Wildman–Crippen MR) is 112 cm³/mol. The van der Waals surface area contributed by atoms with Crippen LogP contribution >= 0.6 is 15.9 Å². The maximum absolute atomic E-state index is 12.9. The molecular weight excluding hydrogens is 418 g/mol. The van der Waals surface area contributed by atoms with Crippen molar-refractivity contribution in [2.75, 3.05) is 11.9 Å². The number of amides is 1. The van der Waals surface area contributed by atoms with Gasteiger partial charge in [-0.2, -0.15) is 0 Å². The van der Waals surface area contributed by atoms with Crippen molar-refractivity contribution in [2.24, 2.45) is 34.5 Å². The Labute approximate surface area is 176 Å². The highest BCUT2D eigenvalue weighted by molar-refractivity contribution is 9.09. The fourth-order valence-electron chi connectivity index (χ4n) is 7.44. The summed E-state index contributed by atoms with van der Waals surface area (Å²) in [6, 6.07) is 0. The number of rotatable bonds is 4. The summed E-state index contributed by atoms with van der Waals surface area (Å²) in [6.07, 6.45) is 10.2. The first-order valence-electron chi connectivity index (χ1n) is 10.9. The van der Waals surface area contributed by atoms with Gasteiger partial charge in [0.05, 0.1) is 11.9 Å². The zero-order valence-electron chi connectivity index (χ0n) is 17.1. The molecule has 3 fully saturated rings. The van der Waals surface area contributed by atoms with Crippen LogP contribution in [0.15, 0.2) is 11.6 Å². The Morgan fingerprint density at radius 2 is 1.89 bits per heavy atom. The molecule has 0 heterocycles. The zero-order chi connectivity index (χ0) is 20.1. The lowest BCUT2D eigenvalue weighted by molar-refractivity contribution is -0.131. The third-order valence-corrected chi connectivity index (χ3v) is 9.44. The van der Waals surface area contributed by atoms with Gasteiger partial charge in [0.25, 0.3) is 0 Å². The summed E-state index contributed by atoms with van der Waals surface area (Å²) in [5, 5.41) is 2.99. The van der Waals surface area contributed by atoms with Crippen LogP contribution in [-0.4, -0.2) is 29.3 Å². The minimum Gasteiger partial charge on any atom is -0.348 e. The minimum atomic E-state index is -0.122. The van der Waals surface area contributed by atoms with Gasteiger partial charge in [0.2, 0.25) is 5.91 Å². The Kier molecular flexibility index (Phi) is 5.35. The van der Waals surface area contributed by atoms with Crippen LogP contribution in [-0.2, 0) is 14.4 Å². The second-order valence-corrected chi connectivity index (χ2v) is 10.6. The van der Waals surface area contributed by atoms with Gasteiger partial charge in [-0.15, -0.1) is 0 Å². The van der Waals surface area contributed by atoms with Gasteiger partial charge in [0.1, 0.15) is 0 Å². The first-order chi connectivity index (χ1) is 13.3. The van der Waals surface area contributed by atoms with Gasteiger partial charge < -0.3 is 5.32 Å².